The summed E-state index contributed by atoms with van der Waals surface area (Å²) in [7, 11) is 0. The average molecular weight is 322 g/mol. The summed E-state index contributed by atoms with van der Waals surface area (Å²) < 4.78 is 39.7. The lowest BCUT2D eigenvalue weighted by atomic mass is 10.0. The molecule has 0 saturated carbocycles. The number of carbonyl (C=O) groups is 1. The van der Waals surface area contributed by atoms with Crippen molar-refractivity contribution in [2.45, 2.75) is 18.1 Å². The van der Waals surface area contributed by atoms with Crippen LogP contribution < -0.4 is 4.74 Å². The molecule has 0 saturated heterocycles. The largest absolute Gasteiger partial charge is 0.573 e. The molecule has 3 nitrogen and oxygen atoms in total. The normalized spacial score (nSPS) is 12.7. The summed E-state index contributed by atoms with van der Waals surface area (Å²) in [5.41, 5.74) is 0.258. The first-order chi connectivity index (χ1) is 8.24. The molecule has 0 aliphatic carbocycles. The SMILES string of the molecule is CC(=O)C(Br)c1ccc(OC(F)(F)F)cc1C#N. The molecule has 0 radical (unpaired) electrons. The number of ether oxygens (including phenoxy) is 1. The molecule has 0 amide bonds. The number of Topliss-reactive ketones (excluding diaryl/α,β-unsaturated/α-hetero) is 1. The number of carbonyl (C=O) groups excluding carboxylic acids is 1. The van der Waals surface area contributed by atoms with Crippen LogP contribution in [-0.4, -0.2) is 12.1 Å². The van der Waals surface area contributed by atoms with E-state index in [0.29, 0.717) is 5.56 Å². The second-order valence-corrected chi connectivity index (χ2v) is 4.30. The van der Waals surface area contributed by atoms with Crippen LogP contribution in [0.4, 0.5) is 13.2 Å². The van der Waals surface area contributed by atoms with Gasteiger partial charge in [-0.3, -0.25) is 4.79 Å². The van der Waals surface area contributed by atoms with E-state index < -0.39 is 16.9 Å². The fourth-order valence-electron chi connectivity index (χ4n) is 1.27. The Morgan fingerprint density at radius 2 is 2.11 bits per heavy atom. The van der Waals surface area contributed by atoms with E-state index in [1.54, 1.807) is 6.07 Å². The fraction of sp³-hybridized carbons (Fsp3) is 0.273. The highest BCUT2D eigenvalue weighted by molar-refractivity contribution is 9.09. The summed E-state index contributed by atoms with van der Waals surface area (Å²) in [5, 5.41) is 8.85. The minimum atomic E-state index is -4.82. The van der Waals surface area contributed by atoms with Crippen molar-refractivity contribution in [3.63, 3.8) is 0 Å². The van der Waals surface area contributed by atoms with Gasteiger partial charge in [0.05, 0.1) is 16.5 Å². The van der Waals surface area contributed by atoms with Crippen molar-refractivity contribution in [3.8, 4) is 11.8 Å². The van der Waals surface area contributed by atoms with E-state index in [9.17, 15) is 18.0 Å². The summed E-state index contributed by atoms with van der Waals surface area (Å²) in [4.78, 5) is 10.4. The van der Waals surface area contributed by atoms with E-state index in [4.69, 9.17) is 5.26 Å². The fourth-order valence-corrected chi connectivity index (χ4v) is 1.67. The van der Waals surface area contributed by atoms with Crippen LogP contribution in [0.3, 0.4) is 0 Å². The summed E-state index contributed by atoms with van der Waals surface area (Å²) in [6.07, 6.45) is -4.82. The summed E-state index contributed by atoms with van der Waals surface area (Å²) >= 11 is 3.06. The molecule has 0 spiro atoms. The summed E-state index contributed by atoms with van der Waals surface area (Å²) in [5.74, 6) is -0.748. The molecule has 1 atom stereocenters. The predicted octanol–water partition coefficient (Wildman–Crippen LogP) is 3.48. The quantitative estimate of drug-likeness (QED) is 0.801. The maximum atomic E-state index is 12.0. The average Bonchev–Trinajstić information content (AvgIpc) is 2.25. The molecular formula is C11H7BrF3NO2. The Hall–Kier alpha value is -1.55. The second kappa shape index (κ2) is 5.40. The second-order valence-electron chi connectivity index (χ2n) is 3.38. The van der Waals surface area contributed by atoms with Gasteiger partial charge >= 0.3 is 6.36 Å². The number of hydrogen-bond acceptors (Lipinski definition) is 3. The van der Waals surface area contributed by atoms with Crippen LogP contribution >= 0.6 is 15.9 Å². The number of hydrogen-bond donors (Lipinski definition) is 0. The number of halogens is 4. The van der Waals surface area contributed by atoms with Gasteiger partial charge in [0.25, 0.3) is 0 Å². The number of nitriles is 1. The Kier molecular flexibility index (Phi) is 4.35. The Morgan fingerprint density at radius 1 is 1.50 bits per heavy atom. The van der Waals surface area contributed by atoms with Crippen molar-refractivity contribution in [1.82, 2.24) is 0 Å². The molecule has 0 aliphatic rings. The maximum Gasteiger partial charge on any atom is 0.573 e. The van der Waals surface area contributed by atoms with Crippen molar-refractivity contribution in [1.29, 1.82) is 5.26 Å². The van der Waals surface area contributed by atoms with Gasteiger partial charge < -0.3 is 4.74 Å². The van der Waals surface area contributed by atoms with Gasteiger partial charge in [0.15, 0.2) is 0 Å². The first kappa shape index (κ1) is 14.5. The van der Waals surface area contributed by atoms with E-state index in [-0.39, 0.29) is 11.3 Å². The number of rotatable bonds is 3. The molecule has 0 aliphatic heterocycles. The van der Waals surface area contributed by atoms with E-state index in [2.05, 4.69) is 20.7 Å². The van der Waals surface area contributed by atoms with Crippen LogP contribution in [0.5, 0.6) is 5.75 Å². The van der Waals surface area contributed by atoms with Gasteiger partial charge in [-0.2, -0.15) is 5.26 Å². The molecule has 0 fully saturated rings. The van der Waals surface area contributed by atoms with Crippen LogP contribution in [0.2, 0.25) is 0 Å². The molecule has 0 bridgehead atoms. The van der Waals surface area contributed by atoms with Gasteiger partial charge in [-0.25, -0.2) is 0 Å². The summed E-state index contributed by atoms with van der Waals surface area (Å²) in [6.45, 7) is 1.31. The van der Waals surface area contributed by atoms with E-state index in [0.717, 1.165) is 12.1 Å². The van der Waals surface area contributed by atoms with Crippen molar-refractivity contribution >= 4 is 21.7 Å². The van der Waals surface area contributed by atoms with Crippen molar-refractivity contribution < 1.29 is 22.7 Å². The molecule has 7 heteroatoms. The lowest BCUT2D eigenvalue weighted by Gasteiger charge is -2.12. The molecule has 0 heterocycles. The number of ketones is 1. The number of benzene rings is 1. The van der Waals surface area contributed by atoms with Crippen molar-refractivity contribution in [2.75, 3.05) is 0 Å². The maximum absolute atomic E-state index is 12.0. The Morgan fingerprint density at radius 3 is 2.56 bits per heavy atom. The number of nitrogens with zero attached hydrogens (tertiary/aromatic N) is 1. The molecule has 96 valence electrons. The van der Waals surface area contributed by atoms with Crippen LogP contribution in [0.15, 0.2) is 18.2 Å². The van der Waals surface area contributed by atoms with E-state index in [1.165, 1.54) is 13.0 Å². The van der Waals surface area contributed by atoms with Gasteiger partial charge in [-0.1, -0.05) is 22.0 Å². The minimum Gasteiger partial charge on any atom is -0.406 e. The van der Waals surface area contributed by atoms with Crippen LogP contribution in [0, 0.1) is 11.3 Å². The Bertz CT molecular complexity index is 508. The smallest absolute Gasteiger partial charge is 0.406 e. The summed E-state index contributed by atoms with van der Waals surface area (Å²) in [6, 6.07) is 4.98. The molecule has 1 rings (SSSR count). The third-order valence-corrected chi connectivity index (χ3v) is 3.15. The first-order valence-corrected chi connectivity index (χ1v) is 5.60. The van der Waals surface area contributed by atoms with Crippen LogP contribution in [0.25, 0.3) is 0 Å². The zero-order valence-corrected chi connectivity index (χ0v) is 10.7. The minimum absolute atomic E-state index is 0.0474. The van der Waals surface area contributed by atoms with Crippen LogP contribution in [0.1, 0.15) is 22.9 Å². The zero-order valence-electron chi connectivity index (χ0n) is 9.08. The van der Waals surface area contributed by atoms with Crippen LogP contribution in [-0.2, 0) is 4.79 Å². The van der Waals surface area contributed by atoms with Gasteiger partial charge in [0.2, 0.25) is 0 Å². The third kappa shape index (κ3) is 3.74. The third-order valence-electron chi connectivity index (χ3n) is 2.01. The first-order valence-electron chi connectivity index (χ1n) is 4.69. The number of alkyl halides is 4. The van der Waals surface area contributed by atoms with Crippen molar-refractivity contribution in [2.24, 2.45) is 0 Å². The highest BCUT2D eigenvalue weighted by atomic mass is 79.9. The lowest BCUT2D eigenvalue weighted by molar-refractivity contribution is -0.274. The van der Waals surface area contributed by atoms with Gasteiger partial charge in [-0.15, -0.1) is 13.2 Å². The molecule has 0 N–H and O–H groups in total. The Labute approximate surface area is 109 Å². The molecule has 0 aromatic heterocycles. The molecule has 1 aromatic carbocycles. The topological polar surface area (TPSA) is 50.1 Å². The lowest BCUT2D eigenvalue weighted by Crippen LogP contribution is -2.17. The molecule has 1 aromatic rings. The highest BCUT2D eigenvalue weighted by Crippen LogP contribution is 2.31. The zero-order chi connectivity index (χ0) is 13.9. The van der Waals surface area contributed by atoms with E-state index in [1.807, 2.05) is 0 Å². The molecular weight excluding hydrogens is 315 g/mol. The molecule has 18 heavy (non-hydrogen) atoms. The van der Waals surface area contributed by atoms with Crippen molar-refractivity contribution in [3.05, 3.63) is 29.3 Å². The van der Waals surface area contributed by atoms with E-state index >= 15 is 0 Å². The van der Waals surface area contributed by atoms with Gasteiger partial charge in [-0.05, 0) is 24.6 Å². The molecule has 1 unspecified atom stereocenters. The Balaban J connectivity index is 3.13. The monoisotopic (exact) mass is 321 g/mol. The van der Waals surface area contributed by atoms with Gasteiger partial charge in [0, 0.05) is 0 Å². The van der Waals surface area contributed by atoms with Gasteiger partial charge in [0.1, 0.15) is 11.5 Å². The standard InChI is InChI=1S/C11H7BrF3NO2/c1-6(17)10(12)9-3-2-8(4-7(9)5-16)18-11(13,14)15/h2-4,10H,1H3. The highest BCUT2D eigenvalue weighted by Gasteiger charge is 2.31. The predicted molar refractivity (Wildman–Crippen MR) is 60.2 cm³/mol.